The van der Waals surface area contributed by atoms with Crippen LogP contribution in [-0.4, -0.2) is 30.9 Å². The number of amides is 2. The van der Waals surface area contributed by atoms with Gasteiger partial charge in [0.15, 0.2) is 21.4 Å². The first kappa shape index (κ1) is 20.3. The number of fused-ring (bicyclic) bond motifs is 1. The molecule has 4 rings (SSSR count). The fraction of sp³-hybridized carbons (Fsp3) is 0.200. The number of ether oxygens (including phenoxy) is 1. The quantitative estimate of drug-likeness (QED) is 0.604. The van der Waals surface area contributed by atoms with Crippen LogP contribution >= 0.6 is 11.3 Å². The first-order valence-corrected chi connectivity index (χ1v) is 11.7. The van der Waals surface area contributed by atoms with Gasteiger partial charge < -0.3 is 9.64 Å². The van der Waals surface area contributed by atoms with E-state index in [0.29, 0.717) is 35.8 Å². The van der Waals surface area contributed by atoms with Crippen LogP contribution in [0.3, 0.4) is 0 Å². The summed E-state index contributed by atoms with van der Waals surface area (Å²) < 4.78 is 45.5. The van der Waals surface area contributed by atoms with Crippen LogP contribution in [0.15, 0.2) is 52.2 Å². The van der Waals surface area contributed by atoms with Gasteiger partial charge in [0.1, 0.15) is 15.8 Å². The lowest BCUT2D eigenvalue weighted by atomic mass is 10.2. The molecule has 1 aromatic carbocycles. The number of carbonyl (C=O) groups is 1. The minimum absolute atomic E-state index is 0.0411. The Morgan fingerprint density at radius 1 is 1.27 bits per heavy atom. The summed E-state index contributed by atoms with van der Waals surface area (Å²) in [6.07, 6.45) is 1.47. The number of anilines is 1. The average molecular weight is 448 g/mol. The smallest absolute Gasteiger partial charge is 0.323 e. The van der Waals surface area contributed by atoms with E-state index in [1.54, 1.807) is 22.4 Å². The monoisotopic (exact) mass is 447 g/mol. The number of thiophene rings is 1. The fourth-order valence-corrected chi connectivity index (χ4v) is 5.52. The Labute approximate surface area is 177 Å². The highest BCUT2D eigenvalue weighted by Gasteiger charge is 2.26. The van der Waals surface area contributed by atoms with Crippen LogP contribution in [0, 0.1) is 5.82 Å². The summed E-state index contributed by atoms with van der Waals surface area (Å²) in [6, 6.07) is 8.62. The zero-order valence-corrected chi connectivity index (χ0v) is 17.6. The van der Waals surface area contributed by atoms with E-state index in [-0.39, 0.29) is 21.7 Å². The molecule has 0 unspecified atom stereocenters. The molecule has 3 aromatic rings. The Morgan fingerprint density at radius 3 is 2.80 bits per heavy atom. The van der Waals surface area contributed by atoms with Crippen molar-refractivity contribution in [1.29, 1.82) is 0 Å². The number of hydrogen-bond donors (Lipinski definition) is 1. The second kappa shape index (κ2) is 8.04. The van der Waals surface area contributed by atoms with E-state index in [1.165, 1.54) is 24.4 Å². The van der Waals surface area contributed by atoms with Crippen LogP contribution in [0.4, 0.5) is 15.0 Å². The molecule has 0 saturated carbocycles. The Kier molecular flexibility index (Phi) is 5.44. The van der Waals surface area contributed by atoms with Crippen LogP contribution in [0.1, 0.15) is 18.1 Å². The van der Waals surface area contributed by atoms with Crippen LogP contribution in [0.25, 0.3) is 0 Å². The van der Waals surface area contributed by atoms with Crippen molar-refractivity contribution >= 4 is 33.0 Å². The van der Waals surface area contributed by atoms with Crippen molar-refractivity contribution in [2.45, 2.75) is 23.4 Å². The summed E-state index contributed by atoms with van der Waals surface area (Å²) in [5.74, 6) is -0.266. The maximum Gasteiger partial charge on any atom is 0.323 e. The maximum absolute atomic E-state index is 14.7. The van der Waals surface area contributed by atoms with Gasteiger partial charge >= 0.3 is 6.03 Å². The highest BCUT2D eigenvalue weighted by molar-refractivity contribution is 7.92. The third-order valence-electron chi connectivity index (χ3n) is 4.63. The van der Waals surface area contributed by atoms with Crippen molar-refractivity contribution in [3.05, 3.63) is 64.9 Å². The van der Waals surface area contributed by atoms with Crippen molar-refractivity contribution in [2.24, 2.45) is 0 Å². The molecule has 156 valence electrons. The third-order valence-corrected chi connectivity index (χ3v) is 7.81. The summed E-state index contributed by atoms with van der Waals surface area (Å²) in [5.41, 5.74) is 0.970. The Balaban J connectivity index is 1.57. The average Bonchev–Trinajstić information content (AvgIpc) is 3.25. The van der Waals surface area contributed by atoms with Gasteiger partial charge in [0.25, 0.3) is 0 Å². The standard InChI is InChI=1S/C20H18FN3O4S2/c1-2-24-11-14-16(7-8-22-19(14)23-20(24)25)28-17-6-5-13(10-15(17)21)12-30(26,27)18-4-3-9-29-18/h3-10H,2,11-12H2,1H3,(H,22,23,25). The molecular formula is C20H18FN3O4S2. The fourth-order valence-electron chi connectivity index (χ4n) is 3.10. The highest BCUT2D eigenvalue weighted by Crippen LogP contribution is 2.34. The molecule has 1 aliphatic rings. The molecule has 1 aliphatic heterocycles. The normalized spacial score (nSPS) is 13.7. The van der Waals surface area contributed by atoms with E-state index < -0.39 is 15.7 Å². The molecule has 0 bridgehead atoms. The predicted octanol–water partition coefficient (Wildman–Crippen LogP) is 4.42. The van der Waals surface area contributed by atoms with Gasteiger partial charge in [0.2, 0.25) is 0 Å². The minimum atomic E-state index is -3.53. The summed E-state index contributed by atoms with van der Waals surface area (Å²) in [7, 11) is -3.53. The van der Waals surface area contributed by atoms with Gasteiger partial charge in [-0.05, 0) is 42.1 Å². The maximum atomic E-state index is 14.7. The van der Waals surface area contributed by atoms with Crippen molar-refractivity contribution in [3.8, 4) is 11.5 Å². The van der Waals surface area contributed by atoms with E-state index >= 15 is 0 Å². The second-order valence-corrected chi connectivity index (χ2v) is 9.80. The highest BCUT2D eigenvalue weighted by atomic mass is 32.2. The first-order valence-electron chi connectivity index (χ1n) is 9.13. The molecule has 0 saturated heterocycles. The van der Waals surface area contributed by atoms with E-state index in [4.69, 9.17) is 4.74 Å². The SMILES string of the molecule is CCN1Cc2c(Oc3ccc(CS(=O)(=O)c4cccs4)cc3F)ccnc2NC1=O. The first-order chi connectivity index (χ1) is 14.4. The number of benzene rings is 1. The molecule has 0 atom stereocenters. The van der Waals surface area contributed by atoms with E-state index in [0.717, 1.165) is 17.4 Å². The molecule has 30 heavy (non-hydrogen) atoms. The Morgan fingerprint density at radius 2 is 2.10 bits per heavy atom. The van der Waals surface area contributed by atoms with Gasteiger partial charge in [-0.2, -0.15) is 0 Å². The molecule has 2 aromatic heterocycles. The number of pyridine rings is 1. The van der Waals surface area contributed by atoms with Crippen molar-refractivity contribution in [1.82, 2.24) is 9.88 Å². The lowest BCUT2D eigenvalue weighted by Gasteiger charge is -2.28. The molecule has 0 spiro atoms. The Hall–Kier alpha value is -2.98. The lowest BCUT2D eigenvalue weighted by molar-refractivity contribution is 0.209. The number of carbonyl (C=O) groups excluding carboxylic acids is 1. The molecule has 3 heterocycles. The van der Waals surface area contributed by atoms with Crippen molar-refractivity contribution in [3.63, 3.8) is 0 Å². The van der Waals surface area contributed by atoms with Gasteiger partial charge in [0, 0.05) is 12.7 Å². The predicted molar refractivity (Wildman–Crippen MR) is 111 cm³/mol. The topological polar surface area (TPSA) is 88.6 Å². The van der Waals surface area contributed by atoms with E-state index in [9.17, 15) is 17.6 Å². The van der Waals surface area contributed by atoms with Gasteiger partial charge in [-0.15, -0.1) is 11.3 Å². The largest absolute Gasteiger partial charge is 0.454 e. The number of aromatic nitrogens is 1. The molecule has 0 aliphatic carbocycles. The van der Waals surface area contributed by atoms with E-state index in [2.05, 4.69) is 10.3 Å². The number of urea groups is 1. The molecule has 1 N–H and O–H groups in total. The van der Waals surface area contributed by atoms with Crippen LogP contribution < -0.4 is 10.1 Å². The van der Waals surface area contributed by atoms with Gasteiger partial charge in [-0.1, -0.05) is 12.1 Å². The number of sulfone groups is 1. The minimum Gasteiger partial charge on any atom is -0.454 e. The van der Waals surface area contributed by atoms with Gasteiger partial charge in [0.05, 0.1) is 17.9 Å². The molecular weight excluding hydrogens is 429 g/mol. The molecule has 2 amide bonds. The second-order valence-electron chi connectivity index (χ2n) is 6.64. The van der Waals surface area contributed by atoms with E-state index in [1.807, 2.05) is 6.92 Å². The molecule has 7 nitrogen and oxygen atoms in total. The van der Waals surface area contributed by atoms with Crippen LogP contribution in [-0.2, 0) is 22.1 Å². The number of hydrogen-bond acceptors (Lipinski definition) is 6. The summed E-state index contributed by atoms with van der Waals surface area (Å²) in [4.78, 5) is 17.7. The molecule has 0 radical (unpaired) electrons. The Bertz CT molecular complexity index is 1200. The summed E-state index contributed by atoms with van der Waals surface area (Å²) >= 11 is 1.13. The zero-order chi connectivity index (χ0) is 21.3. The molecule has 0 fully saturated rings. The number of rotatable bonds is 6. The summed E-state index contributed by atoms with van der Waals surface area (Å²) in [5, 5.41) is 4.37. The van der Waals surface area contributed by atoms with Gasteiger partial charge in [-0.3, -0.25) is 5.32 Å². The third kappa shape index (κ3) is 4.01. The number of halogens is 1. The zero-order valence-electron chi connectivity index (χ0n) is 16.0. The van der Waals surface area contributed by atoms with Crippen molar-refractivity contribution < 1.29 is 22.3 Å². The summed E-state index contributed by atoms with van der Waals surface area (Å²) in [6.45, 7) is 2.64. The lowest BCUT2D eigenvalue weighted by Crippen LogP contribution is -2.38. The number of nitrogens with zero attached hydrogens (tertiary/aromatic N) is 2. The van der Waals surface area contributed by atoms with Gasteiger partial charge in [-0.25, -0.2) is 22.6 Å². The molecule has 10 heteroatoms. The van der Waals surface area contributed by atoms with Crippen LogP contribution in [0.2, 0.25) is 0 Å². The van der Waals surface area contributed by atoms with Crippen molar-refractivity contribution in [2.75, 3.05) is 11.9 Å². The van der Waals surface area contributed by atoms with Crippen LogP contribution in [0.5, 0.6) is 11.5 Å². The number of nitrogens with one attached hydrogen (secondary N) is 1.